The molecule has 0 unspecified atom stereocenters. The maximum atomic E-state index is 12.6. The molecular weight excluding hydrogens is 536 g/mol. The summed E-state index contributed by atoms with van der Waals surface area (Å²) in [5.74, 6) is -1.65. The predicted octanol–water partition coefficient (Wildman–Crippen LogP) is 4.18. The van der Waals surface area contributed by atoms with E-state index in [-0.39, 0.29) is 35.3 Å². The van der Waals surface area contributed by atoms with Crippen LogP contribution in [0.25, 0.3) is 11.1 Å². The fourth-order valence-electron chi connectivity index (χ4n) is 5.64. The van der Waals surface area contributed by atoms with E-state index < -0.39 is 23.9 Å². The summed E-state index contributed by atoms with van der Waals surface area (Å²) in [5.41, 5.74) is 5.11. The second kappa shape index (κ2) is 10.2. The Morgan fingerprint density at radius 2 is 1.36 bits per heavy atom. The van der Waals surface area contributed by atoms with Crippen molar-refractivity contribution in [1.82, 2.24) is 15.4 Å². The second-order valence-corrected chi connectivity index (χ2v) is 10.3. The first-order chi connectivity index (χ1) is 20.5. The Kier molecular flexibility index (Phi) is 6.15. The minimum atomic E-state index is -0.873. The van der Waals surface area contributed by atoms with E-state index in [1.807, 2.05) is 29.2 Å². The van der Waals surface area contributed by atoms with Crippen LogP contribution in [0.4, 0.5) is 10.6 Å². The molecule has 42 heavy (non-hydrogen) atoms. The van der Waals surface area contributed by atoms with Crippen molar-refractivity contribution >= 4 is 29.7 Å². The number of hydrogen-bond donors (Lipinski definition) is 1. The van der Waals surface area contributed by atoms with E-state index in [2.05, 4.69) is 34.6 Å². The Morgan fingerprint density at radius 3 is 1.93 bits per heavy atom. The molecule has 10 nitrogen and oxygen atoms in total. The first-order valence-electron chi connectivity index (χ1n) is 13.5. The number of rotatable bonds is 6. The lowest BCUT2D eigenvalue weighted by molar-refractivity contribution is -0.0584. The number of ether oxygens (including phenoxy) is 1. The maximum absolute atomic E-state index is 12.6. The van der Waals surface area contributed by atoms with Crippen molar-refractivity contribution in [2.24, 2.45) is 0 Å². The van der Waals surface area contributed by atoms with Crippen LogP contribution >= 0.6 is 0 Å². The monoisotopic (exact) mass is 560 g/mol. The highest BCUT2D eigenvalue weighted by atomic mass is 16.7. The molecule has 0 atom stereocenters. The summed E-state index contributed by atoms with van der Waals surface area (Å²) in [4.78, 5) is 61.4. The Balaban J connectivity index is 0.901. The highest BCUT2D eigenvalue weighted by molar-refractivity contribution is 6.21. The molecule has 0 radical (unpaired) electrons. The lowest BCUT2D eigenvalue weighted by atomic mass is 9.98. The summed E-state index contributed by atoms with van der Waals surface area (Å²) < 4.78 is 5.63. The summed E-state index contributed by atoms with van der Waals surface area (Å²) in [6.07, 6.45) is 0.850. The minimum Gasteiger partial charge on any atom is -0.449 e. The van der Waals surface area contributed by atoms with E-state index in [0.29, 0.717) is 24.0 Å². The molecule has 3 aromatic carbocycles. The molecule has 10 heteroatoms. The van der Waals surface area contributed by atoms with Gasteiger partial charge in [-0.25, -0.2) is 14.6 Å². The molecule has 7 rings (SSSR count). The Morgan fingerprint density at radius 1 is 0.786 bits per heavy atom. The number of carbonyl (C=O) groups excluding carboxylic acids is 4. The van der Waals surface area contributed by atoms with Crippen LogP contribution in [0.15, 0.2) is 91.1 Å². The molecule has 1 aromatic heterocycles. The van der Waals surface area contributed by atoms with Crippen molar-refractivity contribution in [3.8, 4) is 11.1 Å². The van der Waals surface area contributed by atoms with Gasteiger partial charge in [-0.15, -0.1) is 0 Å². The number of alkyl carbamates (subject to hydrolysis) is 1. The van der Waals surface area contributed by atoms with Crippen LogP contribution in [0.2, 0.25) is 0 Å². The summed E-state index contributed by atoms with van der Waals surface area (Å²) in [6.45, 7) is 1.29. The molecule has 3 heterocycles. The van der Waals surface area contributed by atoms with Gasteiger partial charge in [-0.2, -0.15) is 0 Å². The van der Waals surface area contributed by atoms with Crippen molar-refractivity contribution in [3.05, 3.63) is 119 Å². The van der Waals surface area contributed by atoms with Gasteiger partial charge in [0.2, 0.25) is 0 Å². The molecule has 0 spiro atoms. The molecule has 1 fully saturated rings. The van der Waals surface area contributed by atoms with Crippen LogP contribution in [-0.2, 0) is 9.57 Å². The number of benzene rings is 3. The van der Waals surface area contributed by atoms with Gasteiger partial charge in [-0.3, -0.25) is 9.59 Å². The van der Waals surface area contributed by atoms with Gasteiger partial charge < -0.3 is 19.8 Å². The van der Waals surface area contributed by atoms with Crippen LogP contribution < -0.4 is 10.2 Å². The molecule has 3 amide bonds. The van der Waals surface area contributed by atoms with Crippen molar-refractivity contribution in [2.75, 3.05) is 24.6 Å². The summed E-state index contributed by atoms with van der Waals surface area (Å²) in [6, 6.07) is 25.7. The largest absolute Gasteiger partial charge is 0.449 e. The van der Waals surface area contributed by atoms with Gasteiger partial charge in [0.25, 0.3) is 11.8 Å². The van der Waals surface area contributed by atoms with Crippen molar-refractivity contribution in [3.63, 3.8) is 0 Å². The fourth-order valence-corrected chi connectivity index (χ4v) is 5.64. The smallest absolute Gasteiger partial charge is 0.407 e. The van der Waals surface area contributed by atoms with Gasteiger partial charge in [0.15, 0.2) is 0 Å². The quantitative estimate of drug-likeness (QED) is 0.349. The van der Waals surface area contributed by atoms with Gasteiger partial charge in [-0.05, 0) is 46.5 Å². The zero-order chi connectivity index (χ0) is 28.8. The number of aromatic nitrogens is 1. The van der Waals surface area contributed by atoms with Gasteiger partial charge in [0.1, 0.15) is 12.4 Å². The molecule has 3 aliphatic rings. The topological polar surface area (TPSA) is 118 Å². The summed E-state index contributed by atoms with van der Waals surface area (Å²) in [7, 11) is 0. The fraction of sp³-hybridized carbons (Fsp3) is 0.156. The zero-order valence-corrected chi connectivity index (χ0v) is 22.2. The summed E-state index contributed by atoms with van der Waals surface area (Å²) in [5, 5.41) is 3.37. The van der Waals surface area contributed by atoms with E-state index in [1.54, 1.807) is 18.2 Å². The Bertz CT molecular complexity index is 1670. The van der Waals surface area contributed by atoms with E-state index in [4.69, 9.17) is 9.57 Å². The Labute approximate surface area is 240 Å². The lowest BCUT2D eigenvalue weighted by Crippen LogP contribution is -2.59. The average molecular weight is 561 g/mol. The first kappa shape index (κ1) is 25.5. The molecule has 1 saturated heterocycles. The molecular formula is C32H24N4O6. The van der Waals surface area contributed by atoms with Crippen molar-refractivity contribution < 1.29 is 28.8 Å². The van der Waals surface area contributed by atoms with E-state index in [9.17, 15) is 19.2 Å². The van der Waals surface area contributed by atoms with Crippen LogP contribution in [0.3, 0.4) is 0 Å². The number of fused-ring (bicyclic) bond motifs is 4. The van der Waals surface area contributed by atoms with Crippen LogP contribution in [0.1, 0.15) is 48.1 Å². The zero-order valence-electron chi connectivity index (χ0n) is 22.2. The lowest BCUT2D eigenvalue weighted by Gasteiger charge is -2.40. The van der Waals surface area contributed by atoms with E-state index in [0.717, 1.165) is 11.1 Å². The third-order valence-electron chi connectivity index (χ3n) is 7.79. The molecule has 1 N–H and O–H groups in total. The predicted molar refractivity (Wildman–Crippen MR) is 151 cm³/mol. The number of nitrogens with zero attached hydrogens (tertiary/aromatic N) is 3. The van der Waals surface area contributed by atoms with E-state index >= 15 is 0 Å². The number of amides is 3. The number of pyridine rings is 1. The number of hydroxylamine groups is 2. The van der Waals surface area contributed by atoms with E-state index in [1.165, 1.54) is 35.5 Å². The van der Waals surface area contributed by atoms with Crippen LogP contribution in [0, 0.1) is 0 Å². The van der Waals surface area contributed by atoms with Gasteiger partial charge >= 0.3 is 12.1 Å². The number of imide groups is 1. The number of anilines is 1. The second-order valence-electron chi connectivity index (χ2n) is 10.3. The van der Waals surface area contributed by atoms with Crippen LogP contribution in [-0.4, -0.2) is 59.7 Å². The van der Waals surface area contributed by atoms with Crippen molar-refractivity contribution in [2.45, 2.75) is 12.0 Å². The number of nitrogens with one attached hydrogen (secondary N) is 1. The third-order valence-corrected chi connectivity index (χ3v) is 7.79. The molecule has 4 aromatic rings. The average Bonchev–Trinajstić information content (AvgIpc) is 3.45. The number of carbonyl (C=O) groups is 4. The van der Waals surface area contributed by atoms with Gasteiger partial charge in [0, 0.05) is 25.2 Å². The molecule has 208 valence electrons. The SMILES string of the molecule is O=C(NC1CN(c2ccc(C(=O)ON3C(=O)c4ccccc4C3=O)cn2)C1)OCC1c2ccccc2-c2ccccc21. The highest BCUT2D eigenvalue weighted by Gasteiger charge is 2.39. The van der Waals surface area contributed by atoms with Crippen molar-refractivity contribution in [1.29, 1.82) is 0 Å². The normalized spacial score (nSPS) is 15.5. The third kappa shape index (κ3) is 4.33. The molecule has 2 aliphatic heterocycles. The number of hydrogen-bond acceptors (Lipinski definition) is 8. The van der Waals surface area contributed by atoms with Gasteiger partial charge in [-0.1, -0.05) is 65.7 Å². The standard InChI is InChI=1S/C32H24N4O6/c37-29-25-11-5-6-12-26(25)30(38)36(29)42-31(39)19-13-14-28(33-15-19)35-16-20(17-35)34-32(40)41-18-27-23-9-3-1-7-21(23)22-8-2-4-10-24(22)27/h1-15,20,27H,16-18H2,(H,34,40). The minimum absolute atomic E-state index is 0.00697. The van der Waals surface area contributed by atoms with Crippen LogP contribution in [0.5, 0.6) is 0 Å². The first-order valence-corrected chi connectivity index (χ1v) is 13.5. The maximum Gasteiger partial charge on any atom is 0.407 e. The molecule has 1 aliphatic carbocycles. The Hall–Kier alpha value is -5.51. The summed E-state index contributed by atoms with van der Waals surface area (Å²) >= 11 is 0. The molecule has 0 bridgehead atoms. The van der Waals surface area contributed by atoms with Gasteiger partial charge in [0.05, 0.1) is 22.7 Å². The highest BCUT2D eigenvalue weighted by Crippen LogP contribution is 2.44. The molecule has 0 saturated carbocycles.